The molecule has 1 fully saturated rings. The van der Waals surface area contributed by atoms with Gasteiger partial charge in [-0.15, -0.1) is 11.3 Å². The van der Waals surface area contributed by atoms with E-state index in [-0.39, 0.29) is 16.0 Å². The average Bonchev–Trinajstić information content (AvgIpc) is 3.32. The molecule has 1 aliphatic heterocycles. The number of piperidine rings is 1. The number of aromatic nitrogens is 1. The largest absolute Gasteiger partial charge is 0.444 e. The van der Waals surface area contributed by atoms with Gasteiger partial charge in [0.25, 0.3) is 10.0 Å². The summed E-state index contributed by atoms with van der Waals surface area (Å²) >= 11 is 2.51. The van der Waals surface area contributed by atoms with E-state index in [4.69, 9.17) is 4.74 Å². The van der Waals surface area contributed by atoms with Gasteiger partial charge in [0, 0.05) is 37.5 Å². The first kappa shape index (κ1) is 25.6. The molecule has 0 atom stereocenters. The van der Waals surface area contributed by atoms with Crippen molar-refractivity contribution in [1.29, 1.82) is 0 Å². The van der Waals surface area contributed by atoms with Crippen molar-refractivity contribution >= 4 is 49.8 Å². The first-order valence-electron chi connectivity index (χ1n) is 10.7. The van der Waals surface area contributed by atoms with Crippen molar-refractivity contribution in [3.63, 3.8) is 0 Å². The SMILES string of the molecule is CC(=O)Nc1nc(C)c(-c2csc(S(=O)(=O)N3CCC(CNC(=O)OC(C)(C)C)CC3)c2)s1. The van der Waals surface area contributed by atoms with Crippen LogP contribution >= 0.6 is 22.7 Å². The Morgan fingerprint density at radius 2 is 1.94 bits per heavy atom. The zero-order valence-corrected chi connectivity index (χ0v) is 21.9. The van der Waals surface area contributed by atoms with Crippen LogP contribution in [0.2, 0.25) is 0 Å². The topological polar surface area (TPSA) is 118 Å². The second-order valence-corrected chi connectivity index (χ2v) is 13.1. The molecule has 3 heterocycles. The fourth-order valence-electron chi connectivity index (χ4n) is 3.46. The third-order valence-electron chi connectivity index (χ3n) is 5.02. The minimum atomic E-state index is -3.60. The minimum Gasteiger partial charge on any atom is -0.444 e. The van der Waals surface area contributed by atoms with Crippen molar-refractivity contribution in [2.75, 3.05) is 25.0 Å². The van der Waals surface area contributed by atoms with Crippen molar-refractivity contribution in [2.45, 2.75) is 57.3 Å². The molecule has 0 aromatic carbocycles. The number of amides is 2. The smallest absolute Gasteiger partial charge is 0.407 e. The van der Waals surface area contributed by atoms with Crippen LogP contribution in [0.25, 0.3) is 10.4 Å². The standard InChI is InChI=1S/C21H30N4O5S3/c1-13-18(32-19(23-13)24-14(2)26)16-10-17(31-12-16)33(28,29)25-8-6-15(7-9-25)11-22-20(27)30-21(3,4)5/h10,12,15H,6-9,11H2,1-5H3,(H,22,27)(H,23,24,26). The lowest BCUT2D eigenvalue weighted by Gasteiger charge is -2.31. The molecule has 1 saturated heterocycles. The maximum absolute atomic E-state index is 13.2. The van der Waals surface area contributed by atoms with E-state index in [2.05, 4.69) is 15.6 Å². The number of aryl methyl sites for hydroxylation is 1. The molecule has 2 amide bonds. The van der Waals surface area contributed by atoms with E-state index in [1.54, 1.807) is 6.07 Å². The zero-order valence-electron chi connectivity index (χ0n) is 19.4. The second kappa shape index (κ2) is 10.1. The highest BCUT2D eigenvalue weighted by Gasteiger charge is 2.31. The third kappa shape index (κ3) is 6.75. The Bertz CT molecular complexity index is 1110. The molecule has 0 unspecified atom stereocenters. The van der Waals surface area contributed by atoms with E-state index in [1.807, 2.05) is 33.1 Å². The molecule has 3 rings (SSSR count). The number of hydrogen-bond donors (Lipinski definition) is 2. The number of anilines is 1. The lowest BCUT2D eigenvalue weighted by atomic mass is 9.98. The highest BCUT2D eigenvalue weighted by molar-refractivity contribution is 7.91. The molecule has 0 spiro atoms. The van der Waals surface area contributed by atoms with E-state index in [0.717, 1.165) is 16.1 Å². The molecule has 1 aliphatic rings. The fraction of sp³-hybridized carbons (Fsp3) is 0.571. The molecule has 9 nitrogen and oxygen atoms in total. The molecule has 2 N–H and O–H groups in total. The molecule has 0 bridgehead atoms. The summed E-state index contributed by atoms with van der Waals surface area (Å²) in [6.45, 7) is 9.96. The van der Waals surface area contributed by atoms with Crippen LogP contribution in [-0.4, -0.2) is 54.9 Å². The summed E-state index contributed by atoms with van der Waals surface area (Å²) in [5, 5.41) is 7.75. The van der Waals surface area contributed by atoms with Gasteiger partial charge in [-0.1, -0.05) is 11.3 Å². The molecule has 0 radical (unpaired) electrons. The van der Waals surface area contributed by atoms with Crippen molar-refractivity contribution in [2.24, 2.45) is 5.92 Å². The Morgan fingerprint density at radius 1 is 1.27 bits per heavy atom. The number of alkyl carbamates (subject to hydrolysis) is 1. The van der Waals surface area contributed by atoms with Crippen molar-refractivity contribution in [3.05, 3.63) is 17.1 Å². The molecular weight excluding hydrogens is 484 g/mol. The number of thiazole rings is 1. The van der Waals surface area contributed by atoms with Crippen LogP contribution in [0.4, 0.5) is 9.93 Å². The summed E-state index contributed by atoms with van der Waals surface area (Å²) in [5.41, 5.74) is 0.968. The quantitative estimate of drug-likeness (QED) is 0.600. The zero-order chi connectivity index (χ0) is 24.4. The van der Waals surface area contributed by atoms with E-state index < -0.39 is 21.7 Å². The highest BCUT2D eigenvalue weighted by Crippen LogP contribution is 2.37. The summed E-state index contributed by atoms with van der Waals surface area (Å²) in [5.74, 6) is 0.00323. The van der Waals surface area contributed by atoms with E-state index in [0.29, 0.717) is 37.6 Å². The minimum absolute atomic E-state index is 0.200. The number of ether oxygens (including phenoxy) is 1. The number of thiophene rings is 1. The van der Waals surface area contributed by atoms with Gasteiger partial charge >= 0.3 is 6.09 Å². The summed E-state index contributed by atoms with van der Waals surface area (Å²) in [4.78, 5) is 28.3. The number of carbonyl (C=O) groups is 2. The van der Waals surface area contributed by atoms with Crippen molar-refractivity contribution in [1.82, 2.24) is 14.6 Å². The maximum Gasteiger partial charge on any atom is 0.407 e. The first-order chi connectivity index (χ1) is 15.3. The highest BCUT2D eigenvalue weighted by atomic mass is 32.2. The number of sulfonamides is 1. The van der Waals surface area contributed by atoms with Gasteiger partial charge in [-0.25, -0.2) is 18.2 Å². The Hall–Kier alpha value is -2.02. The summed E-state index contributed by atoms with van der Waals surface area (Å²) in [6, 6.07) is 1.67. The third-order valence-corrected chi connectivity index (χ3v) is 9.45. The number of nitrogens with zero attached hydrogens (tertiary/aromatic N) is 2. The predicted octanol–water partition coefficient (Wildman–Crippen LogP) is 4.06. The van der Waals surface area contributed by atoms with Gasteiger partial charge in [0.2, 0.25) is 5.91 Å². The number of nitrogens with one attached hydrogen (secondary N) is 2. The van der Waals surface area contributed by atoms with Gasteiger partial charge < -0.3 is 15.4 Å². The lowest BCUT2D eigenvalue weighted by molar-refractivity contribution is -0.114. The van der Waals surface area contributed by atoms with Gasteiger partial charge in [0.1, 0.15) is 9.81 Å². The molecule has 33 heavy (non-hydrogen) atoms. The Morgan fingerprint density at radius 3 is 2.55 bits per heavy atom. The summed E-state index contributed by atoms with van der Waals surface area (Å²) in [6.07, 6.45) is 0.881. The number of carbonyl (C=O) groups excluding carboxylic acids is 2. The van der Waals surface area contributed by atoms with Crippen LogP contribution in [0.5, 0.6) is 0 Å². The van der Waals surface area contributed by atoms with Gasteiger partial charge in [-0.05, 0) is 52.5 Å². The Labute approximate surface area is 202 Å². The van der Waals surface area contributed by atoms with Crippen molar-refractivity contribution in [3.8, 4) is 10.4 Å². The van der Waals surface area contributed by atoms with Gasteiger partial charge in [0.15, 0.2) is 5.13 Å². The Balaban J connectivity index is 1.60. The van der Waals surface area contributed by atoms with Crippen LogP contribution < -0.4 is 10.6 Å². The second-order valence-electron chi connectivity index (χ2n) is 9.00. The Kier molecular flexibility index (Phi) is 7.82. The van der Waals surface area contributed by atoms with Gasteiger partial charge in [0.05, 0.1) is 10.6 Å². The van der Waals surface area contributed by atoms with Crippen LogP contribution in [0.3, 0.4) is 0 Å². The molecule has 12 heteroatoms. The predicted molar refractivity (Wildman–Crippen MR) is 130 cm³/mol. The van der Waals surface area contributed by atoms with E-state index in [1.165, 1.54) is 33.9 Å². The van der Waals surface area contributed by atoms with Crippen molar-refractivity contribution < 1.29 is 22.7 Å². The van der Waals surface area contributed by atoms with Gasteiger partial charge in [-0.3, -0.25) is 4.79 Å². The summed E-state index contributed by atoms with van der Waals surface area (Å²) in [7, 11) is -3.60. The molecule has 0 saturated carbocycles. The summed E-state index contributed by atoms with van der Waals surface area (Å²) < 4.78 is 33.4. The maximum atomic E-state index is 13.2. The fourth-order valence-corrected chi connectivity index (χ4v) is 7.33. The average molecular weight is 515 g/mol. The molecule has 2 aromatic heterocycles. The van der Waals surface area contributed by atoms with Crippen LogP contribution in [0.15, 0.2) is 15.7 Å². The molecule has 2 aromatic rings. The number of hydrogen-bond acceptors (Lipinski definition) is 8. The van der Waals surface area contributed by atoms with Crippen LogP contribution in [-0.2, 0) is 19.6 Å². The molecular formula is C21H30N4O5S3. The van der Waals surface area contributed by atoms with E-state index >= 15 is 0 Å². The monoisotopic (exact) mass is 514 g/mol. The van der Waals surface area contributed by atoms with Crippen LogP contribution in [0, 0.1) is 12.8 Å². The normalized spacial score (nSPS) is 15.9. The number of rotatable bonds is 6. The molecule has 182 valence electrons. The lowest BCUT2D eigenvalue weighted by Crippen LogP contribution is -2.42. The van der Waals surface area contributed by atoms with Gasteiger partial charge in [-0.2, -0.15) is 4.31 Å². The van der Waals surface area contributed by atoms with E-state index in [9.17, 15) is 18.0 Å². The molecule has 0 aliphatic carbocycles. The van der Waals surface area contributed by atoms with Crippen LogP contribution in [0.1, 0.15) is 46.2 Å². The first-order valence-corrected chi connectivity index (χ1v) is 13.8.